The zero-order chi connectivity index (χ0) is 35.3. The topological polar surface area (TPSA) is 110 Å². The van der Waals surface area contributed by atoms with Gasteiger partial charge in [0.05, 0.1) is 18.8 Å². The average Bonchev–Trinajstić information content (AvgIpc) is 3.09. The molecule has 6 nitrogen and oxygen atoms in total. The lowest BCUT2D eigenvalue weighted by Gasteiger charge is -2.27. The third-order valence-corrected chi connectivity index (χ3v) is 9.98. The lowest BCUT2D eigenvalue weighted by Crippen LogP contribution is -2.53. The van der Waals surface area contributed by atoms with Gasteiger partial charge in [0, 0.05) is 0 Å². The van der Waals surface area contributed by atoms with E-state index in [1.165, 1.54) is 141 Å². The SMILES string of the molecule is CCCCCCCC/C=C\CCCCCCC[C@@H](O)C(=O)N[C@@H](CO)[C@H](O)[C@H](O)CCCCCCCCCCCCCCCCCCC. The van der Waals surface area contributed by atoms with Crippen molar-refractivity contribution in [3.8, 4) is 0 Å². The molecule has 6 heteroatoms. The number of aliphatic hydroxyl groups is 4. The highest BCUT2D eigenvalue weighted by Crippen LogP contribution is 2.16. The summed E-state index contributed by atoms with van der Waals surface area (Å²) < 4.78 is 0. The Bertz CT molecular complexity index is 687. The summed E-state index contributed by atoms with van der Waals surface area (Å²) in [5.74, 6) is -0.589. The monoisotopic (exact) mass is 682 g/mol. The highest BCUT2D eigenvalue weighted by molar-refractivity contribution is 5.80. The van der Waals surface area contributed by atoms with Gasteiger partial charge < -0.3 is 25.7 Å². The number of unbranched alkanes of at least 4 members (excludes halogenated alkanes) is 27. The van der Waals surface area contributed by atoms with Crippen LogP contribution < -0.4 is 5.32 Å². The van der Waals surface area contributed by atoms with Crippen molar-refractivity contribution in [3.05, 3.63) is 12.2 Å². The zero-order valence-electron chi connectivity index (χ0n) is 32.0. The summed E-state index contributed by atoms with van der Waals surface area (Å²) in [5, 5.41) is 43.6. The van der Waals surface area contributed by atoms with Crippen LogP contribution in [0.15, 0.2) is 12.2 Å². The Hall–Kier alpha value is -0.950. The van der Waals surface area contributed by atoms with Crippen molar-refractivity contribution < 1.29 is 25.2 Å². The Balaban J connectivity index is 3.76. The predicted octanol–water partition coefficient (Wildman–Crippen LogP) is 10.6. The highest BCUT2D eigenvalue weighted by Gasteiger charge is 2.28. The number of allylic oxidation sites excluding steroid dienone is 2. The maximum atomic E-state index is 12.5. The molecule has 0 aromatic carbocycles. The van der Waals surface area contributed by atoms with Gasteiger partial charge in [0.25, 0.3) is 0 Å². The number of hydrogen-bond donors (Lipinski definition) is 5. The van der Waals surface area contributed by atoms with Gasteiger partial charge in [0.2, 0.25) is 5.91 Å². The summed E-state index contributed by atoms with van der Waals surface area (Å²) in [6.07, 6.45) is 39.4. The van der Waals surface area contributed by atoms with Gasteiger partial charge in [-0.1, -0.05) is 193 Å². The summed E-state index contributed by atoms with van der Waals surface area (Å²) in [6, 6.07) is -0.984. The Kier molecular flexibility index (Phi) is 36.6. The molecule has 1 amide bonds. The van der Waals surface area contributed by atoms with Crippen molar-refractivity contribution in [1.29, 1.82) is 0 Å². The molecule has 0 radical (unpaired) electrons. The fourth-order valence-electron chi connectivity index (χ4n) is 6.57. The van der Waals surface area contributed by atoms with Gasteiger partial charge in [0.1, 0.15) is 12.2 Å². The normalized spacial score (nSPS) is 14.4. The molecule has 0 aliphatic heterocycles. The van der Waals surface area contributed by atoms with Gasteiger partial charge in [-0.3, -0.25) is 4.79 Å². The molecular weight excluding hydrogens is 598 g/mol. The first-order valence-electron chi connectivity index (χ1n) is 21.1. The predicted molar refractivity (Wildman–Crippen MR) is 205 cm³/mol. The summed E-state index contributed by atoms with van der Waals surface area (Å²) in [5.41, 5.74) is 0. The minimum absolute atomic E-state index is 0.361. The molecule has 0 saturated carbocycles. The second kappa shape index (κ2) is 37.3. The van der Waals surface area contributed by atoms with E-state index in [-0.39, 0.29) is 0 Å². The van der Waals surface area contributed by atoms with Crippen molar-refractivity contribution >= 4 is 5.91 Å². The van der Waals surface area contributed by atoms with E-state index < -0.39 is 36.9 Å². The fourth-order valence-corrected chi connectivity index (χ4v) is 6.57. The van der Waals surface area contributed by atoms with Gasteiger partial charge in [0.15, 0.2) is 0 Å². The minimum Gasteiger partial charge on any atom is -0.394 e. The zero-order valence-corrected chi connectivity index (χ0v) is 32.0. The van der Waals surface area contributed by atoms with Crippen molar-refractivity contribution in [2.45, 2.75) is 244 Å². The fraction of sp³-hybridized carbons (Fsp3) is 0.929. The Morgan fingerprint density at radius 1 is 0.500 bits per heavy atom. The number of aliphatic hydroxyl groups excluding tert-OH is 4. The van der Waals surface area contributed by atoms with Crippen LogP contribution in [0, 0.1) is 0 Å². The molecule has 0 rings (SSSR count). The van der Waals surface area contributed by atoms with Crippen LogP contribution in [0.1, 0.15) is 219 Å². The van der Waals surface area contributed by atoms with Gasteiger partial charge in [-0.15, -0.1) is 0 Å². The largest absolute Gasteiger partial charge is 0.394 e. The Morgan fingerprint density at radius 3 is 1.21 bits per heavy atom. The van der Waals surface area contributed by atoms with E-state index in [0.717, 1.165) is 51.4 Å². The molecule has 286 valence electrons. The molecular formula is C42H83NO5. The second-order valence-electron chi connectivity index (χ2n) is 14.7. The first-order valence-corrected chi connectivity index (χ1v) is 21.1. The average molecular weight is 682 g/mol. The maximum Gasteiger partial charge on any atom is 0.249 e. The Morgan fingerprint density at radius 2 is 0.833 bits per heavy atom. The molecule has 0 unspecified atom stereocenters. The Labute approximate surface area is 298 Å². The van der Waals surface area contributed by atoms with Crippen LogP contribution in [0.3, 0.4) is 0 Å². The first-order chi connectivity index (χ1) is 23.5. The molecule has 48 heavy (non-hydrogen) atoms. The van der Waals surface area contributed by atoms with Crippen LogP contribution in [-0.4, -0.2) is 57.3 Å². The van der Waals surface area contributed by atoms with E-state index in [0.29, 0.717) is 12.8 Å². The molecule has 0 aromatic rings. The molecule has 0 aromatic heterocycles. The lowest BCUT2D eigenvalue weighted by atomic mass is 9.99. The van der Waals surface area contributed by atoms with E-state index >= 15 is 0 Å². The standard InChI is InChI=1S/C42H83NO5/c1-3-5-7-9-11-13-15-17-19-20-22-23-25-27-29-31-33-35-39(45)41(47)38(37-44)43-42(48)40(46)36-34-32-30-28-26-24-21-18-16-14-12-10-8-6-4-2/h18,21,38-41,44-47H,3-17,19-20,22-37H2,1-2H3,(H,43,48)/b21-18-/t38-,39+,40+,41-/m0/s1. The summed E-state index contributed by atoms with van der Waals surface area (Å²) in [6.45, 7) is 4.04. The third kappa shape index (κ3) is 31.1. The highest BCUT2D eigenvalue weighted by atomic mass is 16.3. The molecule has 0 aliphatic rings. The number of carbonyl (C=O) groups excluding carboxylic acids is 1. The van der Waals surface area contributed by atoms with Gasteiger partial charge in [-0.05, 0) is 38.5 Å². The second-order valence-corrected chi connectivity index (χ2v) is 14.7. The van der Waals surface area contributed by atoms with Gasteiger partial charge >= 0.3 is 0 Å². The van der Waals surface area contributed by atoms with Gasteiger partial charge in [-0.2, -0.15) is 0 Å². The first kappa shape index (κ1) is 47.0. The van der Waals surface area contributed by atoms with Crippen LogP contribution in [0.5, 0.6) is 0 Å². The number of amides is 1. The van der Waals surface area contributed by atoms with E-state index in [4.69, 9.17) is 0 Å². The molecule has 0 spiro atoms. The van der Waals surface area contributed by atoms with Crippen LogP contribution >= 0.6 is 0 Å². The van der Waals surface area contributed by atoms with Crippen molar-refractivity contribution in [1.82, 2.24) is 5.32 Å². The van der Waals surface area contributed by atoms with Gasteiger partial charge in [-0.25, -0.2) is 0 Å². The van der Waals surface area contributed by atoms with E-state index in [2.05, 4.69) is 31.3 Å². The summed E-state index contributed by atoms with van der Waals surface area (Å²) in [7, 11) is 0. The van der Waals surface area contributed by atoms with E-state index in [1.54, 1.807) is 0 Å². The number of hydrogen-bond acceptors (Lipinski definition) is 5. The maximum absolute atomic E-state index is 12.5. The van der Waals surface area contributed by atoms with Crippen molar-refractivity contribution in [2.24, 2.45) is 0 Å². The van der Waals surface area contributed by atoms with Crippen LogP contribution in [0.25, 0.3) is 0 Å². The molecule has 0 fully saturated rings. The summed E-state index contributed by atoms with van der Waals surface area (Å²) >= 11 is 0. The van der Waals surface area contributed by atoms with Crippen LogP contribution in [0.2, 0.25) is 0 Å². The molecule has 0 heterocycles. The molecule has 0 bridgehead atoms. The number of rotatable bonds is 38. The van der Waals surface area contributed by atoms with E-state index in [9.17, 15) is 25.2 Å². The van der Waals surface area contributed by atoms with Crippen LogP contribution in [0.4, 0.5) is 0 Å². The molecule has 0 saturated heterocycles. The smallest absolute Gasteiger partial charge is 0.249 e. The van der Waals surface area contributed by atoms with E-state index in [1.807, 2.05) is 0 Å². The third-order valence-electron chi connectivity index (χ3n) is 9.98. The molecule has 5 N–H and O–H groups in total. The number of carbonyl (C=O) groups is 1. The molecule has 4 atom stereocenters. The minimum atomic E-state index is -1.26. The van der Waals surface area contributed by atoms with Crippen molar-refractivity contribution in [3.63, 3.8) is 0 Å². The quantitative estimate of drug-likeness (QED) is 0.0329. The molecule has 0 aliphatic carbocycles. The number of nitrogens with one attached hydrogen (secondary N) is 1. The lowest BCUT2D eigenvalue weighted by molar-refractivity contribution is -0.132. The van der Waals surface area contributed by atoms with Crippen LogP contribution in [-0.2, 0) is 4.79 Å². The summed E-state index contributed by atoms with van der Waals surface area (Å²) in [4.78, 5) is 12.5. The van der Waals surface area contributed by atoms with Crippen molar-refractivity contribution in [2.75, 3.05) is 6.61 Å².